The van der Waals surface area contributed by atoms with E-state index in [1.807, 2.05) is 19.1 Å². The summed E-state index contributed by atoms with van der Waals surface area (Å²) in [6, 6.07) is 20.9. The molecule has 4 fully saturated rings. The highest BCUT2D eigenvalue weighted by Gasteiger charge is 2.51. The number of carbonyl (C=O) groups is 1. The number of hydrogen-bond acceptors (Lipinski definition) is 4. The zero-order valence-electron chi connectivity index (χ0n) is 22.7. The molecule has 0 heterocycles. The first-order valence-electron chi connectivity index (χ1n) is 14.2. The van der Waals surface area contributed by atoms with Crippen molar-refractivity contribution in [1.29, 1.82) is 0 Å². The Morgan fingerprint density at radius 3 is 2.02 bits per heavy atom. The molecule has 3 aromatic rings. The summed E-state index contributed by atoms with van der Waals surface area (Å²) in [6.45, 7) is 2.00. The highest BCUT2D eigenvalue weighted by molar-refractivity contribution is 7.92. The number of sulfonamides is 1. The van der Waals surface area contributed by atoms with Gasteiger partial charge in [0.25, 0.3) is 10.0 Å². The Hall–Kier alpha value is -3.03. The number of amides is 1. The van der Waals surface area contributed by atoms with Crippen LogP contribution < -0.4 is 14.4 Å². The Morgan fingerprint density at radius 2 is 1.48 bits per heavy atom. The smallest absolute Gasteiger partial charge is 0.264 e. The van der Waals surface area contributed by atoms with Crippen molar-refractivity contribution in [2.24, 2.45) is 17.8 Å². The molecule has 4 aliphatic rings. The van der Waals surface area contributed by atoms with Crippen molar-refractivity contribution in [3.05, 3.63) is 83.4 Å². The minimum absolute atomic E-state index is 0.0542. The van der Waals surface area contributed by atoms with Gasteiger partial charge in [-0.25, -0.2) is 8.42 Å². The molecule has 0 aromatic heterocycles. The molecule has 4 aliphatic carbocycles. The van der Waals surface area contributed by atoms with Crippen molar-refractivity contribution in [3.8, 4) is 5.75 Å². The standard InChI is InChI=1S/C32H35ClN2O4S/c1-2-39-29-11-9-28(10-12-29)35(40(37,38)30-13-5-26(33)6-14-30)21-31(36)34-27-7-3-25(4-8-27)32-18-22-15-23(19-32)17-24(16-22)20-32/h3-14,22-24H,2,15-21H2,1H3,(H,34,36). The molecule has 0 atom stereocenters. The molecule has 40 heavy (non-hydrogen) atoms. The van der Waals surface area contributed by atoms with Gasteiger partial charge in [0, 0.05) is 10.7 Å². The summed E-state index contributed by atoms with van der Waals surface area (Å²) < 4.78 is 34.0. The summed E-state index contributed by atoms with van der Waals surface area (Å²) in [5.41, 5.74) is 2.69. The van der Waals surface area contributed by atoms with E-state index < -0.39 is 15.9 Å². The van der Waals surface area contributed by atoms with Crippen LogP contribution >= 0.6 is 11.6 Å². The number of benzene rings is 3. The number of nitrogens with one attached hydrogen (secondary N) is 1. The Bertz CT molecular complexity index is 1440. The molecule has 0 spiro atoms. The lowest BCUT2D eigenvalue weighted by Gasteiger charge is -2.57. The number of anilines is 2. The molecule has 4 saturated carbocycles. The van der Waals surface area contributed by atoms with Crippen molar-refractivity contribution >= 4 is 38.9 Å². The van der Waals surface area contributed by atoms with Gasteiger partial charge in [-0.2, -0.15) is 0 Å². The molecule has 0 aliphatic heterocycles. The Kier molecular flexibility index (Phi) is 7.30. The first kappa shape index (κ1) is 27.2. The van der Waals surface area contributed by atoms with Gasteiger partial charge in [0.05, 0.1) is 17.2 Å². The first-order chi connectivity index (χ1) is 19.2. The molecule has 1 amide bonds. The molecular formula is C32H35ClN2O4S. The van der Waals surface area contributed by atoms with Crippen LogP contribution in [0.15, 0.2) is 77.7 Å². The van der Waals surface area contributed by atoms with E-state index in [0.29, 0.717) is 28.8 Å². The molecule has 0 saturated heterocycles. The SMILES string of the molecule is CCOc1ccc(N(CC(=O)Nc2ccc(C34CC5CC(CC(C5)C3)C4)cc2)S(=O)(=O)c2ccc(Cl)cc2)cc1. The fraction of sp³-hybridized carbons (Fsp3) is 0.406. The van der Waals surface area contributed by atoms with Gasteiger partial charge in [0.2, 0.25) is 5.91 Å². The van der Waals surface area contributed by atoms with Crippen molar-refractivity contribution < 1.29 is 17.9 Å². The topological polar surface area (TPSA) is 75.7 Å². The Labute approximate surface area is 241 Å². The molecule has 0 unspecified atom stereocenters. The van der Waals surface area contributed by atoms with Gasteiger partial charge in [-0.15, -0.1) is 0 Å². The molecule has 4 bridgehead atoms. The predicted molar refractivity (Wildman–Crippen MR) is 159 cm³/mol. The maximum Gasteiger partial charge on any atom is 0.264 e. The van der Waals surface area contributed by atoms with Crippen molar-refractivity contribution in [3.63, 3.8) is 0 Å². The summed E-state index contributed by atoms with van der Waals surface area (Å²) in [5, 5.41) is 3.35. The fourth-order valence-corrected chi connectivity index (χ4v) is 9.17. The van der Waals surface area contributed by atoms with Crippen LogP contribution in [0.1, 0.15) is 51.0 Å². The number of ether oxygens (including phenoxy) is 1. The van der Waals surface area contributed by atoms with Crippen molar-refractivity contribution in [2.45, 2.75) is 55.8 Å². The lowest BCUT2D eigenvalue weighted by atomic mass is 9.48. The van der Waals surface area contributed by atoms with Gasteiger partial charge in [-0.1, -0.05) is 23.7 Å². The number of carbonyl (C=O) groups excluding carboxylic acids is 1. The van der Waals surface area contributed by atoms with E-state index in [-0.39, 0.29) is 16.9 Å². The second-order valence-electron chi connectivity index (χ2n) is 11.7. The minimum Gasteiger partial charge on any atom is -0.494 e. The van der Waals surface area contributed by atoms with Crippen LogP contribution in [-0.4, -0.2) is 27.5 Å². The van der Waals surface area contributed by atoms with Gasteiger partial charge < -0.3 is 10.1 Å². The zero-order chi connectivity index (χ0) is 27.9. The third-order valence-electron chi connectivity index (χ3n) is 8.94. The van der Waals surface area contributed by atoms with Crippen LogP contribution in [0.5, 0.6) is 5.75 Å². The molecule has 210 valence electrons. The minimum atomic E-state index is -4.04. The predicted octanol–water partition coefficient (Wildman–Crippen LogP) is 7.04. The summed E-state index contributed by atoms with van der Waals surface area (Å²) in [6.07, 6.45) is 8.05. The first-order valence-corrected chi connectivity index (χ1v) is 16.0. The number of hydrogen-bond donors (Lipinski definition) is 1. The molecule has 3 aromatic carbocycles. The van der Waals surface area contributed by atoms with E-state index in [1.165, 1.54) is 68.4 Å². The number of rotatable bonds is 9. The van der Waals surface area contributed by atoms with Crippen LogP contribution in [0.3, 0.4) is 0 Å². The average Bonchev–Trinajstić information content (AvgIpc) is 2.92. The zero-order valence-corrected chi connectivity index (χ0v) is 24.3. The van der Waals surface area contributed by atoms with Gasteiger partial charge in [0.1, 0.15) is 12.3 Å². The highest BCUT2D eigenvalue weighted by atomic mass is 35.5. The second-order valence-corrected chi connectivity index (χ2v) is 14.0. The highest BCUT2D eigenvalue weighted by Crippen LogP contribution is 2.60. The number of nitrogens with zero attached hydrogens (tertiary/aromatic N) is 1. The van der Waals surface area contributed by atoms with E-state index in [1.54, 1.807) is 24.3 Å². The fourth-order valence-electron chi connectivity index (χ4n) is 7.63. The quantitative estimate of drug-likeness (QED) is 0.295. The largest absolute Gasteiger partial charge is 0.494 e. The van der Waals surface area contributed by atoms with Crippen molar-refractivity contribution in [2.75, 3.05) is 22.8 Å². The van der Waals surface area contributed by atoms with Gasteiger partial charge in [0.15, 0.2) is 0 Å². The van der Waals surface area contributed by atoms with E-state index >= 15 is 0 Å². The van der Waals surface area contributed by atoms with Crippen LogP contribution in [0.4, 0.5) is 11.4 Å². The van der Waals surface area contributed by atoms with E-state index in [9.17, 15) is 13.2 Å². The normalized spacial score (nSPS) is 25.0. The average molecular weight is 579 g/mol. The van der Waals surface area contributed by atoms with E-state index in [0.717, 1.165) is 22.1 Å². The van der Waals surface area contributed by atoms with Crippen LogP contribution in [0.2, 0.25) is 5.02 Å². The van der Waals surface area contributed by atoms with Crippen LogP contribution in [-0.2, 0) is 20.2 Å². The van der Waals surface area contributed by atoms with Gasteiger partial charge in [-0.05, 0) is 135 Å². The molecule has 7 rings (SSSR count). The Morgan fingerprint density at radius 1 is 0.900 bits per heavy atom. The summed E-state index contributed by atoms with van der Waals surface area (Å²) in [4.78, 5) is 13.3. The molecule has 1 N–H and O–H groups in total. The molecule has 0 radical (unpaired) electrons. The third-order valence-corrected chi connectivity index (χ3v) is 11.0. The summed E-state index contributed by atoms with van der Waals surface area (Å²) in [7, 11) is -4.04. The maximum absolute atomic E-state index is 13.7. The summed E-state index contributed by atoms with van der Waals surface area (Å²) >= 11 is 5.99. The monoisotopic (exact) mass is 578 g/mol. The number of halogens is 1. The molecular weight excluding hydrogens is 544 g/mol. The molecule has 6 nitrogen and oxygen atoms in total. The molecule has 8 heteroatoms. The van der Waals surface area contributed by atoms with Crippen LogP contribution in [0.25, 0.3) is 0 Å². The van der Waals surface area contributed by atoms with E-state index in [4.69, 9.17) is 16.3 Å². The van der Waals surface area contributed by atoms with E-state index in [2.05, 4.69) is 17.4 Å². The Balaban J connectivity index is 1.21. The van der Waals surface area contributed by atoms with Crippen LogP contribution in [0, 0.1) is 17.8 Å². The lowest BCUT2D eigenvalue weighted by Crippen LogP contribution is -2.48. The maximum atomic E-state index is 13.7. The van der Waals surface area contributed by atoms with Gasteiger partial charge >= 0.3 is 0 Å². The second kappa shape index (κ2) is 10.7. The lowest BCUT2D eigenvalue weighted by molar-refractivity contribution is -0.114. The van der Waals surface area contributed by atoms with Gasteiger partial charge in [-0.3, -0.25) is 9.10 Å². The van der Waals surface area contributed by atoms with Crippen molar-refractivity contribution in [1.82, 2.24) is 0 Å². The summed E-state index contributed by atoms with van der Waals surface area (Å²) in [5.74, 6) is 2.79. The third kappa shape index (κ3) is 5.34.